The molecule has 2 aromatic carbocycles. The van der Waals surface area contributed by atoms with Crippen molar-refractivity contribution in [1.29, 1.82) is 0 Å². The molecule has 0 bridgehead atoms. The second-order valence-corrected chi connectivity index (χ2v) is 10.9. The Morgan fingerprint density at radius 3 is 1.46 bits per heavy atom. The van der Waals surface area contributed by atoms with Gasteiger partial charge in [-0.05, 0) is 46.9 Å². The van der Waals surface area contributed by atoms with Gasteiger partial charge in [-0.3, -0.25) is 0 Å². The van der Waals surface area contributed by atoms with Gasteiger partial charge in [-0.15, -0.1) is 0 Å². The molecule has 0 heterocycles. The molecule has 0 aromatic heterocycles. The van der Waals surface area contributed by atoms with E-state index in [1.807, 2.05) is 48.5 Å². The summed E-state index contributed by atoms with van der Waals surface area (Å²) < 4.78 is 11.9. The number of benzene rings is 2. The molecule has 0 atom stereocenters. The molecule has 0 fully saturated rings. The third-order valence-corrected chi connectivity index (χ3v) is 5.24. The maximum Gasteiger partial charge on any atom is 1.00 e. The SMILES string of the molecule is CC(C)c1ccccc1OP(=S)([S-])Oc1ccccc1C(C)C.[Na+]. The smallest absolute Gasteiger partial charge is 0.665 e. The third kappa shape index (κ3) is 6.09. The van der Waals surface area contributed by atoms with Gasteiger partial charge in [0.1, 0.15) is 11.5 Å². The van der Waals surface area contributed by atoms with E-state index in [1.165, 1.54) is 0 Å². The van der Waals surface area contributed by atoms with Crippen LogP contribution in [0.15, 0.2) is 48.5 Å². The first kappa shape index (κ1) is 22.1. The molecule has 0 unspecified atom stereocenters. The molecule has 0 aliphatic heterocycles. The summed E-state index contributed by atoms with van der Waals surface area (Å²) in [4.78, 5) is 0. The van der Waals surface area contributed by atoms with Crippen LogP contribution in [0.1, 0.15) is 50.7 Å². The Morgan fingerprint density at radius 1 is 0.792 bits per heavy atom. The Labute approximate surface area is 178 Å². The predicted octanol–water partition coefficient (Wildman–Crippen LogP) is 3.17. The van der Waals surface area contributed by atoms with Crippen molar-refractivity contribution in [3.63, 3.8) is 0 Å². The first-order valence-corrected chi connectivity index (χ1v) is 11.3. The summed E-state index contributed by atoms with van der Waals surface area (Å²) in [5.74, 6) is 2.11. The van der Waals surface area contributed by atoms with Crippen LogP contribution in [0.2, 0.25) is 0 Å². The van der Waals surface area contributed by atoms with Gasteiger partial charge in [-0.25, -0.2) is 0 Å². The number of hydrogen-bond donors (Lipinski definition) is 0. The van der Waals surface area contributed by atoms with E-state index in [4.69, 9.17) is 33.1 Å². The first-order chi connectivity index (χ1) is 10.8. The average Bonchev–Trinajstić information content (AvgIpc) is 2.47. The van der Waals surface area contributed by atoms with Gasteiger partial charge in [0.2, 0.25) is 0 Å². The van der Waals surface area contributed by atoms with E-state index >= 15 is 0 Å². The quantitative estimate of drug-likeness (QED) is 0.430. The van der Waals surface area contributed by atoms with Gasteiger partial charge in [0, 0.05) is 0 Å². The summed E-state index contributed by atoms with van der Waals surface area (Å²) in [6.07, 6.45) is 0. The zero-order valence-corrected chi connectivity index (χ0v) is 19.4. The molecule has 2 rings (SSSR count). The number of hydrogen-bond acceptors (Lipinski definition) is 4. The summed E-state index contributed by atoms with van der Waals surface area (Å²) in [6.45, 7) is 8.46. The van der Waals surface area contributed by atoms with E-state index in [0.29, 0.717) is 11.8 Å². The van der Waals surface area contributed by atoms with E-state index in [-0.39, 0.29) is 29.6 Å². The van der Waals surface area contributed by atoms with Crippen LogP contribution in [0.4, 0.5) is 0 Å². The molecule has 24 heavy (non-hydrogen) atoms. The second-order valence-electron chi connectivity index (χ2n) is 6.01. The van der Waals surface area contributed by atoms with Crippen molar-refractivity contribution in [3.05, 3.63) is 59.7 Å². The molecule has 6 heteroatoms. The second kappa shape index (κ2) is 9.66. The molecule has 0 radical (unpaired) electrons. The van der Waals surface area contributed by atoms with Gasteiger partial charge in [-0.1, -0.05) is 64.1 Å². The van der Waals surface area contributed by atoms with E-state index < -0.39 is 5.69 Å². The van der Waals surface area contributed by atoms with E-state index in [1.54, 1.807) is 0 Å². The summed E-state index contributed by atoms with van der Waals surface area (Å²) in [5, 5.41) is 0. The standard InChI is InChI=1S/C18H23O2PS2.Na/c1-13(2)15-9-5-7-11-17(15)19-21(22,23)20-18-12-8-6-10-16(18)14(3)4;/h5-14H,1-4H3,(H,22,23);/q;+1/p-1. The van der Waals surface area contributed by atoms with Crippen LogP contribution in [0, 0.1) is 0 Å². The maximum absolute atomic E-state index is 5.95. The zero-order chi connectivity index (χ0) is 17.0. The summed E-state index contributed by atoms with van der Waals surface area (Å²) in [7, 11) is 0. The Kier molecular flexibility index (Phi) is 8.89. The Balaban J connectivity index is 0.00000288. The van der Waals surface area contributed by atoms with Crippen molar-refractivity contribution in [2.75, 3.05) is 0 Å². The monoisotopic (exact) mass is 388 g/mol. The van der Waals surface area contributed by atoms with Crippen molar-refractivity contribution in [1.82, 2.24) is 0 Å². The van der Waals surface area contributed by atoms with Crippen molar-refractivity contribution in [2.24, 2.45) is 0 Å². The van der Waals surface area contributed by atoms with Gasteiger partial charge in [0.25, 0.3) is 0 Å². The first-order valence-electron chi connectivity index (χ1n) is 7.68. The van der Waals surface area contributed by atoms with Crippen LogP contribution in [0.5, 0.6) is 11.5 Å². The van der Waals surface area contributed by atoms with Crippen molar-refractivity contribution in [3.8, 4) is 11.5 Å². The van der Waals surface area contributed by atoms with Crippen molar-refractivity contribution in [2.45, 2.75) is 39.5 Å². The van der Waals surface area contributed by atoms with E-state index in [9.17, 15) is 0 Å². The van der Waals surface area contributed by atoms with E-state index in [0.717, 1.165) is 22.6 Å². The van der Waals surface area contributed by atoms with E-state index in [2.05, 4.69) is 27.7 Å². The number of para-hydroxylation sites is 2. The van der Waals surface area contributed by atoms with Crippen LogP contribution in [-0.4, -0.2) is 0 Å². The van der Waals surface area contributed by atoms with Gasteiger partial charge >= 0.3 is 29.6 Å². The minimum absolute atomic E-state index is 0. The van der Waals surface area contributed by atoms with Crippen LogP contribution >= 0.6 is 5.69 Å². The molecule has 2 aromatic rings. The zero-order valence-electron chi connectivity index (χ0n) is 14.9. The predicted molar refractivity (Wildman–Crippen MR) is 104 cm³/mol. The molecular weight excluding hydrogens is 366 g/mol. The fourth-order valence-electron chi connectivity index (χ4n) is 2.34. The van der Waals surface area contributed by atoms with Gasteiger partial charge < -0.3 is 21.3 Å². The third-order valence-electron chi connectivity index (χ3n) is 3.50. The fourth-order valence-corrected chi connectivity index (χ4v) is 4.16. The molecule has 0 spiro atoms. The van der Waals surface area contributed by atoms with Crippen LogP contribution < -0.4 is 38.6 Å². The minimum Gasteiger partial charge on any atom is -0.665 e. The molecule has 0 saturated heterocycles. The van der Waals surface area contributed by atoms with Gasteiger partial charge in [0.15, 0.2) is 5.69 Å². The van der Waals surface area contributed by atoms with Crippen molar-refractivity contribution >= 4 is 29.7 Å². The largest absolute Gasteiger partial charge is 1.00 e. The summed E-state index contributed by atoms with van der Waals surface area (Å²) in [5.41, 5.74) is -0.673. The Hall–Kier alpha value is 0.0400. The topological polar surface area (TPSA) is 18.5 Å². The average molecular weight is 388 g/mol. The molecular formula is C18H22NaO2PS2. The Morgan fingerprint density at radius 2 is 1.12 bits per heavy atom. The normalized spacial score (nSPS) is 11.3. The molecule has 2 nitrogen and oxygen atoms in total. The maximum atomic E-state index is 5.95. The summed E-state index contributed by atoms with van der Waals surface area (Å²) >= 11 is 11.0. The molecule has 124 valence electrons. The minimum atomic E-state index is -2.85. The molecule has 0 aliphatic carbocycles. The van der Waals surface area contributed by atoms with Crippen LogP contribution in [0.3, 0.4) is 0 Å². The molecule has 0 saturated carbocycles. The summed E-state index contributed by atoms with van der Waals surface area (Å²) in [6, 6.07) is 15.7. The van der Waals surface area contributed by atoms with Gasteiger partial charge in [0.05, 0.1) is 0 Å². The molecule has 0 N–H and O–H groups in total. The Bertz CT molecular complexity index is 662. The fraction of sp³-hybridized carbons (Fsp3) is 0.333. The van der Waals surface area contributed by atoms with Crippen molar-refractivity contribution < 1.29 is 38.6 Å². The van der Waals surface area contributed by atoms with Crippen LogP contribution in [-0.2, 0) is 24.1 Å². The van der Waals surface area contributed by atoms with Crippen LogP contribution in [0.25, 0.3) is 0 Å². The van der Waals surface area contributed by atoms with Gasteiger partial charge in [-0.2, -0.15) is 0 Å². The number of rotatable bonds is 6. The molecule has 0 aliphatic rings. The molecule has 0 amide bonds.